The molecule has 0 heterocycles. The highest BCUT2D eigenvalue weighted by Crippen LogP contribution is 2.24. The number of rotatable bonds is 3. The van der Waals surface area contributed by atoms with Crippen molar-refractivity contribution in [1.82, 2.24) is 5.32 Å². The second-order valence-corrected chi connectivity index (χ2v) is 6.22. The molecule has 0 saturated heterocycles. The number of benzene rings is 1. The smallest absolute Gasteiger partial charge is 0.319 e. The molecule has 22 heavy (non-hydrogen) atoms. The molecule has 0 radical (unpaired) electrons. The van der Waals surface area contributed by atoms with Crippen LogP contribution in [-0.2, 0) is 4.79 Å². The van der Waals surface area contributed by atoms with Gasteiger partial charge in [0.1, 0.15) is 0 Å². The molecule has 1 aromatic carbocycles. The minimum Gasteiger partial charge on any atom is -0.369 e. The molecule has 1 aliphatic rings. The Hall–Kier alpha value is -1.75. The molecule has 0 aliphatic heterocycles. The van der Waals surface area contributed by atoms with Gasteiger partial charge in [-0.25, -0.2) is 4.79 Å². The fourth-order valence-electron chi connectivity index (χ4n) is 2.83. The van der Waals surface area contributed by atoms with Crippen molar-refractivity contribution in [2.45, 2.75) is 45.1 Å². The number of halogens is 1. The van der Waals surface area contributed by atoms with E-state index < -0.39 is 0 Å². The number of hydrogen-bond donors (Lipinski definition) is 3. The molecule has 5 nitrogen and oxygen atoms in total. The standard InChI is InChI=1S/C16H22ClN3O2/c1-10-7-8-11(9-13(10)17)19-16(22)20-14-6-4-2-3-5-12(14)15(18)21/h7-9,12,14H,2-6H2,1H3,(H2,18,21)(H2,19,20,22)/t12-,14-/m0/s1. The summed E-state index contributed by atoms with van der Waals surface area (Å²) < 4.78 is 0. The molecule has 120 valence electrons. The number of hydrogen-bond acceptors (Lipinski definition) is 2. The third-order valence-corrected chi connectivity index (χ3v) is 4.53. The lowest BCUT2D eigenvalue weighted by Crippen LogP contribution is -2.46. The van der Waals surface area contributed by atoms with E-state index in [1.54, 1.807) is 12.1 Å². The maximum Gasteiger partial charge on any atom is 0.319 e. The fourth-order valence-corrected chi connectivity index (χ4v) is 3.01. The van der Waals surface area contributed by atoms with Gasteiger partial charge in [-0.2, -0.15) is 0 Å². The zero-order chi connectivity index (χ0) is 16.1. The van der Waals surface area contributed by atoms with Crippen LogP contribution in [-0.4, -0.2) is 18.0 Å². The normalized spacial score (nSPS) is 21.7. The number of anilines is 1. The number of carbonyl (C=O) groups is 2. The van der Waals surface area contributed by atoms with Crippen molar-refractivity contribution >= 4 is 29.2 Å². The van der Waals surface area contributed by atoms with E-state index in [-0.39, 0.29) is 23.9 Å². The number of aryl methyl sites for hydroxylation is 1. The van der Waals surface area contributed by atoms with Gasteiger partial charge in [-0.05, 0) is 37.5 Å². The van der Waals surface area contributed by atoms with Crippen LogP contribution in [0.5, 0.6) is 0 Å². The largest absolute Gasteiger partial charge is 0.369 e. The highest BCUT2D eigenvalue weighted by Gasteiger charge is 2.29. The van der Waals surface area contributed by atoms with Crippen LogP contribution in [0, 0.1) is 12.8 Å². The van der Waals surface area contributed by atoms with Crippen molar-refractivity contribution in [3.8, 4) is 0 Å². The first-order chi connectivity index (χ1) is 10.5. The van der Waals surface area contributed by atoms with E-state index in [2.05, 4.69) is 10.6 Å². The average Bonchev–Trinajstić information content (AvgIpc) is 2.68. The first-order valence-corrected chi connectivity index (χ1v) is 7.98. The molecule has 0 bridgehead atoms. The molecule has 1 aliphatic carbocycles. The van der Waals surface area contributed by atoms with Crippen LogP contribution >= 0.6 is 11.6 Å². The van der Waals surface area contributed by atoms with E-state index in [4.69, 9.17) is 17.3 Å². The Morgan fingerprint density at radius 2 is 1.95 bits per heavy atom. The van der Waals surface area contributed by atoms with Gasteiger partial charge in [0.25, 0.3) is 0 Å². The molecule has 3 amide bonds. The summed E-state index contributed by atoms with van der Waals surface area (Å²) in [6.07, 6.45) is 4.54. The maximum absolute atomic E-state index is 12.1. The van der Waals surface area contributed by atoms with Gasteiger partial charge >= 0.3 is 6.03 Å². The number of amides is 3. The zero-order valence-corrected chi connectivity index (χ0v) is 13.5. The number of carbonyl (C=O) groups excluding carboxylic acids is 2. The summed E-state index contributed by atoms with van der Waals surface area (Å²) in [7, 11) is 0. The molecule has 0 unspecified atom stereocenters. The van der Waals surface area contributed by atoms with Crippen molar-refractivity contribution in [3.63, 3.8) is 0 Å². The van der Waals surface area contributed by atoms with Crippen LogP contribution in [0.3, 0.4) is 0 Å². The monoisotopic (exact) mass is 323 g/mol. The Balaban J connectivity index is 1.99. The van der Waals surface area contributed by atoms with Crippen LogP contribution in [0.2, 0.25) is 5.02 Å². The van der Waals surface area contributed by atoms with Crippen molar-refractivity contribution in [2.75, 3.05) is 5.32 Å². The molecule has 1 fully saturated rings. The van der Waals surface area contributed by atoms with Crippen LogP contribution in [0.1, 0.15) is 37.7 Å². The van der Waals surface area contributed by atoms with Crippen LogP contribution in [0.4, 0.5) is 10.5 Å². The number of nitrogens with two attached hydrogens (primary N) is 1. The maximum atomic E-state index is 12.1. The molecule has 2 rings (SSSR count). The molecule has 0 aromatic heterocycles. The minimum atomic E-state index is -0.342. The van der Waals surface area contributed by atoms with Gasteiger partial charge in [0.15, 0.2) is 0 Å². The Kier molecular flexibility index (Phi) is 5.66. The van der Waals surface area contributed by atoms with Crippen molar-refractivity contribution < 1.29 is 9.59 Å². The van der Waals surface area contributed by atoms with Gasteiger partial charge in [-0.3, -0.25) is 4.79 Å². The number of nitrogens with one attached hydrogen (secondary N) is 2. The van der Waals surface area contributed by atoms with Crippen molar-refractivity contribution in [1.29, 1.82) is 0 Å². The SMILES string of the molecule is Cc1ccc(NC(=O)N[C@H]2CCCCC[C@@H]2C(N)=O)cc1Cl. The van der Waals surface area contributed by atoms with E-state index in [1.807, 2.05) is 13.0 Å². The molecule has 1 aromatic rings. The van der Waals surface area contributed by atoms with Gasteiger partial charge in [0.05, 0.1) is 5.92 Å². The molecular formula is C16H22ClN3O2. The van der Waals surface area contributed by atoms with E-state index in [0.29, 0.717) is 10.7 Å². The minimum absolute atomic E-state index is 0.207. The molecule has 6 heteroatoms. The lowest BCUT2D eigenvalue weighted by Gasteiger charge is -2.23. The molecule has 2 atom stereocenters. The van der Waals surface area contributed by atoms with Gasteiger partial charge in [-0.1, -0.05) is 36.9 Å². The second kappa shape index (κ2) is 7.49. The van der Waals surface area contributed by atoms with E-state index in [1.165, 1.54) is 0 Å². The highest BCUT2D eigenvalue weighted by atomic mass is 35.5. The Labute approximate surface area is 135 Å². The van der Waals surface area contributed by atoms with E-state index in [0.717, 1.165) is 37.7 Å². The first-order valence-electron chi connectivity index (χ1n) is 7.60. The Bertz CT molecular complexity index is 562. The summed E-state index contributed by atoms with van der Waals surface area (Å²) in [4.78, 5) is 23.7. The molecule has 1 saturated carbocycles. The number of primary amides is 1. The Morgan fingerprint density at radius 1 is 1.23 bits per heavy atom. The van der Waals surface area contributed by atoms with Gasteiger partial charge in [0.2, 0.25) is 5.91 Å². The molecule has 0 spiro atoms. The second-order valence-electron chi connectivity index (χ2n) is 5.82. The van der Waals surface area contributed by atoms with Gasteiger partial charge < -0.3 is 16.4 Å². The number of urea groups is 1. The van der Waals surface area contributed by atoms with Crippen molar-refractivity contribution in [2.24, 2.45) is 11.7 Å². The topological polar surface area (TPSA) is 84.2 Å². The van der Waals surface area contributed by atoms with Crippen LogP contribution < -0.4 is 16.4 Å². The summed E-state index contributed by atoms with van der Waals surface area (Å²) in [5, 5.41) is 6.23. The fraction of sp³-hybridized carbons (Fsp3) is 0.500. The first kappa shape index (κ1) is 16.6. The van der Waals surface area contributed by atoms with Gasteiger partial charge in [-0.15, -0.1) is 0 Å². The summed E-state index contributed by atoms with van der Waals surface area (Å²) in [6, 6.07) is 4.80. The predicted molar refractivity (Wildman–Crippen MR) is 87.9 cm³/mol. The lowest BCUT2D eigenvalue weighted by atomic mass is 9.94. The third-order valence-electron chi connectivity index (χ3n) is 4.13. The van der Waals surface area contributed by atoms with E-state index >= 15 is 0 Å². The van der Waals surface area contributed by atoms with Crippen LogP contribution in [0.15, 0.2) is 18.2 Å². The predicted octanol–water partition coefficient (Wildman–Crippen LogP) is 3.20. The highest BCUT2D eigenvalue weighted by molar-refractivity contribution is 6.31. The summed E-state index contributed by atoms with van der Waals surface area (Å²) in [5.74, 6) is -0.638. The molecule has 4 N–H and O–H groups in total. The molecular weight excluding hydrogens is 302 g/mol. The zero-order valence-electron chi connectivity index (χ0n) is 12.7. The van der Waals surface area contributed by atoms with Crippen molar-refractivity contribution in [3.05, 3.63) is 28.8 Å². The lowest BCUT2D eigenvalue weighted by molar-refractivity contribution is -0.122. The quantitative estimate of drug-likeness (QED) is 0.746. The summed E-state index contributed by atoms with van der Waals surface area (Å²) >= 11 is 6.04. The third kappa shape index (κ3) is 4.37. The van der Waals surface area contributed by atoms with Crippen LogP contribution in [0.25, 0.3) is 0 Å². The summed E-state index contributed by atoms with van der Waals surface area (Å²) in [6.45, 7) is 1.90. The summed E-state index contributed by atoms with van der Waals surface area (Å²) in [5.41, 5.74) is 7.04. The van der Waals surface area contributed by atoms with Gasteiger partial charge in [0, 0.05) is 16.8 Å². The Morgan fingerprint density at radius 3 is 2.64 bits per heavy atom. The van der Waals surface area contributed by atoms with E-state index in [9.17, 15) is 9.59 Å². The average molecular weight is 324 g/mol.